The Balaban J connectivity index is 1.41. The van der Waals surface area contributed by atoms with Crippen molar-refractivity contribution < 1.29 is 9.47 Å². The van der Waals surface area contributed by atoms with E-state index in [-0.39, 0.29) is 0 Å². The Labute approximate surface area is 189 Å². The SMILES string of the molecule is COc1ccc(/C=N\n2c(-c3n[nH]c4c3CCC4)n[nH]c2=S)cc1OCc1ccccc1. The molecule has 9 heteroatoms. The van der Waals surface area contributed by atoms with E-state index in [9.17, 15) is 0 Å². The summed E-state index contributed by atoms with van der Waals surface area (Å²) in [7, 11) is 1.62. The van der Waals surface area contributed by atoms with Crippen LogP contribution in [0.2, 0.25) is 0 Å². The molecule has 5 rings (SSSR count). The Morgan fingerprint density at radius 2 is 1.97 bits per heavy atom. The van der Waals surface area contributed by atoms with Crippen LogP contribution >= 0.6 is 12.2 Å². The van der Waals surface area contributed by atoms with Crippen molar-refractivity contribution in [3.63, 3.8) is 0 Å². The molecule has 0 saturated carbocycles. The van der Waals surface area contributed by atoms with Crippen molar-refractivity contribution in [2.45, 2.75) is 25.9 Å². The average Bonchev–Trinajstić information content (AvgIpc) is 3.53. The second-order valence-electron chi connectivity index (χ2n) is 7.48. The van der Waals surface area contributed by atoms with Gasteiger partial charge in [-0.1, -0.05) is 30.3 Å². The second-order valence-corrected chi connectivity index (χ2v) is 7.86. The van der Waals surface area contributed by atoms with E-state index < -0.39 is 0 Å². The molecule has 0 bridgehead atoms. The number of aryl methyl sites for hydroxylation is 1. The zero-order valence-corrected chi connectivity index (χ0v) is 18.4. The van der Waals surface area contributed by atoms with Crippen molar-refractivity contribution in [2.75, 3.05) is 7.11 Å². The highest BCUT2D eigenvalue weighted by Gasteiger charge is 2.23. The Morgan fingerprint density at radius 1 is 1.09 bits per heavy atom. The summed E-state index contributed by atoms with van der Waals surface area (Å²) < 4.78 is 13.5. The summed E-state index contributed by atoms with van der Waals surface area (Å²) in [6.45, 7) is 0.443. The Kier molecular flexibility index (Phi) is 5.55. The molecule has 0 radical (unpaired) electrons. The molecule has 2 heterocycles. The number of nitrogens with zero attached hydrogens (tertiary/aromatic N) is 4. The number of H-pyrrole nitrogens is 2. The maximum atomic E-state index is 6.00. The molecule has 2 aromatic heterocycles. The minimum Gasteiger partial charge on any atom is -0.493 e. The third-order valence-corrected chi connectivity index (χ3v) is 5.68. The molecular formula is C23H22N6O2S. The van der Waals surface area contributed by atoms with Gasteiger partial charge in [0.25, 0.3) is 0 Å². The molecule has 1 aliphatic rings. The van der Waals surface area contributed by atoms with Crippen LogP contribution in [0.15, 0.2) is 53.6 Å². The fraction of sp³-hybridized carbons (Fsp3) is 0.217. The Bertz CT molecular complexity index is 1320. The van der Waals surface area contributed by atoms with E-state index in [0.29, 0.717) is 28.7 Å². The van der Waals surface area contributed by atoms with Gasteiger partial charge in [-0.25, -0.2) is 5.10 Å². The first kappa shape index (κ1) is 20.2. The quantitative estimate of drug-likeness (QED) is 0.326. The number of nitrogens with one attached hydrogen (secondary N) is 2. The minimum absolute atomic E-state index is 0.403. The fourth-order valence-electron chi connectivity index (χ4n) is 3.80. The molecule has 0 atom stereocenters. The van der Waals surface area contributed by atoms with E-state index in [0.717, 1.165) is 36.1 Å². The predicted molar refractivity (Wildman–Crippen MR) is 124 cm³/mol. The lowest BCUT2D eigenvalue weighted by atomic mass is 10.2. The van der Waals surface area contributed by atoms with Crippen LogP contribution in [0.3, 0.4) is 0 Å². The number of ether oxygens (including phenoxy) is 2. The number of hydrogen-bond acceptors (Lipinski definition) is 6. The minimum atomic E-state index is 0.403. The second kappa shape index (κ2) is 8.80. The van der Waals surface area contributed by atoms with E-state index in [1.807, 2.05) is 48.5 Å². The monoisotopic (exact) mass is 446 g/mol. The number of rotatable bonds is 7. The molecule has 32 heavy (non-hydrogen) atoms. The number of fused-ring (bicyclic) bond motifs is 1. The molecule has 162 valence electrons. The van der Waals surface area contributed by atoms with Gasteiger partial charge in [0.1, 0.15) is 12.3 Å². The zero-order chi connectivity index (χ0) is 21.9. The smallest absolute Gasteiger partial charge is 0.216 e. The van der Waals surface area contributed by atoms with Crippen LogP contribution in [0, 0.1) is 4.77 Å². The predicted octanol–water partition coefficient (Wildman–Crippen LogP) is 4.29. The van der Waals surface area contributed by atoms with E-state index in [1.54, 1.807) is 18.0 Å². The number of benzene rings is 2. The number of hydrogen-bond donors (Lipinski definition) is 2. The molecule has 0 saturated heterocycles. The standard InChI is InChI=1S/C23H22N6O2S/c1-30-19-11-10-16(12-20(19)31-14-15-6-3-2-4-7-15)13-24-29-22(27-28-23(29)32)21-17-8-5-9-18(17)25-26-21/h2-4,6-7,10-13H,5,8-9,14H2,1H3,(H,25,26)(H,28,32)/b24-13-. The van der Waals surface area contributed by atoms with Crippen molar-refractivity contribution in [1.29, 1.82) is 0 Å². The lowest BCUT2D eigenvalue weighted by molar-refractivity contribution is 0.284. The van der Waals surface area contributed by atoms with Gasteiger partial charge in [-0.2, -0.15) is 20.0 Å². The molecule has 0 aliphatic heterocycles. The highest BCUT2D eigenvalue weighted by atomic mass is 32.1. The van der Waals surface area contributed by atoms with E-state index in [2.05, 4.69) is 25.5 Å². The highest BCUT2D eigenvalue weighted by molar-refractivity contribution is 7.71. The van der Waals surface area contributed by atoms with Crippen LogP contribution in [-0.4, -0.2) is 38.4 Å². The summed E-state index contributed by atoms with van der Waals surface area (Å²) >= 11 is 5.40. The van der Waals surface area contributed by atoms with Gasteiger partial charge in [0.05, 0.1) is 13.3 Å². The average molecular weight is 447 g/mol. The molecular weight excluding hydrogens is 424 g/mol. The van der Waals surface area contributed by atoms with Crippen molar-refractivity contribution in [3.8, 4) is 23.0 Å². The Hall–Kier alpha value is -3.72. The van der Waals surface area contributed by atoms with Gasteiger partial charge in [-0.05, 0) is 60.8 Å². The number of aromatic nitrogens is 5. The molecule has 0 fully saturated rings. The van der Waals surface area contributed by atoms with Gasteiger partial charge in [-0.3, -0.25) is 5.10 Å². The fourth-order valence-corrected chi connectivity index (χ4v) is 3.98. The summed E-state index contributed by atoms with van der Waals surface area (Å²) in [5, 5.41) is 19.3. The molecule has 0 spiro atoms. The molecule has 8 nitrogen and oxygen atoms in total. The third kappa shape index (κ3) is 3.94. The number of methoxy groups -OCH3 is 1. The van der Waals surface area contributed by atoms with Crippen LogP contribution in [0.25, 0.3) is 11.5 Å². The molecule has 1 aliphatic carbocycles. The van der Waals surface area contributed by atoms with E-state index in [1.165, 1.54) is 11.3 Å². The van der Waals surface area contributed by atoms with Crippen LogP contribution in [0.4, 0.5) is 0 Å². The molecule has 0 amide bonds. The zero-order valence-electron chi connectivity index (χ0n) is 17.5. The van der Waals surface area contributed by atoms with Crippen molar-refractivity contribution in [2.24, 2.45) is 5.10 Å². The maximum Gasteiger partial charge on any atom is 0.216 e. The maximum absolute atomic E-state index is 6.00. The van der Waals surface area contributed by atoms with Crippen molar-refractivity contribution in [1.82, 2.24) is 25.1 Å². The van der Waals surface area contributed by atoms with Crippen LogP contribution < -0.4 is 9.47 Å². The molecule has 2 N–H and O–H groups in total. The summed E-state index contributed by atoms with van der Waals surface area (Å²) in [6, 6.07) is 15.6. The van der Waals surface area contributed by atoms with Crippen LogP contribution in [-0.2, 0) is 19.4 Å². The molecule has 2 aromatic carbocycles. The van der Waals surface area contributed by atoms with E-state index >= 15 is 0 Å². The van der Waals surface area contributed by atoms with Crippen LogP contribution in [0.1, 0.15) is 28.8 Å². The summed E-state index contributed by atoms with van der Waals surface area (Å²) in [5.74, 6) is 1.90. The topological polar surface area (TPSA) is 93.1 Å². The van der Waals surface area contributed by atoms with Gasteiger partial charge in [0, 0.05) is 11.3 Å². The van der Waals surface area contributed by atoms with Gasteiger partial charge in [-0.15, -0.1) is 0 Å². The first-order valence-corrected chi connectivity index (χ1v) is 10.8. The van der Waals surface area contributed by atoms with Crippen molar-refractivity contribution >= 4 is 18.4 Å². The summed E-state index contributed by atoms with van der Waals surface area (Å²) in [4.78, 5) is 0. The highest BCUT2D eigenvalue weighted by Crippen LogP contribution is 2.30. The van der Waals surface area contributed by atoms with Crippen LogP contribution in [0.5, 0.6) is 11.5 Å². The molecule has 0 unspecified atom stereocenters. The summed E-state index contributed by atoms with van der Waals surface area (Å²) in [5.41, 5.74) is 5.07. The Morgan fingerprint density at radius 3 is 2.81 bits per heavy atom. The van der Waals surface area contributed by atoms with Gasteiger partial charge >= 0.3 is 0 Å². The van der Waals surface area contributed by atoms with Gasteiger partial charge in [0.2, 0.25) is 10.6 Å². The summed E-state index contributed by atoms with van der Waals surface area (Å²) in [6.07, 6.45) is 4.82. The lowest BCUT2D eigenvalue weighted by Crippen LogP contribution is -1.99. The molecule has 4 aromatic rings. The van der Waals surface area contributed by atoms with Gasteiger partial charge < -0.3 is 9.47 Å². The van der Waals surface area contributed by atoms with Gasteiger partial charge in [0.15, 0.2) is 11.5 Å². The normalized spacial score (nSPS) is 12.9. The lowest BCUT2D eigenvalue weighted by Gasteiger charge is -2.11. The van der Waals surface area contributed by atoms with E-state index in [4.69, 9.17) is 21.7 Å². The largest absolute Gasteiger partial charge is 0.493 e. The first-order valence-electron chi connectivity index (χ1n) is 10.4. The first-order chi connectivity index (χ1) is 15.7. The third-order valence-electron chi connectivity index (χ3n) is 5.42. The number of aromatic amines is 2. The van der Waals surface area contributed by atoms with Crippen molar-refractivity contribution in [3.05, 3.63) is 75.7 Å².